The van der Waals surface area contributed by atoms with Gasteiger partial charge in [-0.25, -0.2) is 0 Å². The first kappa shape index (κ1) is 16.3. The summed E-state index contributed by atoms with van der Waals surface area (Å²) < 4.78 is 6.00. The highest BCUT2D eigenvalue weighted by Gasteiger charge is 2.55. The zero-order chi connectivity index (χ0) is 14.6. The number of hydrogen-bond acceptors (Lipinski definition) is 3. The Morgan fingerprint density at radius 2 is 1.95 bits per heavy atom. The average molecular weight is 283 g/mol. The van der Waals surface area contributed by atoms with Crippen molar-refractivity contribution in [2.45, 2.75) is 83.9 Å². The van der Waals surface area contributed by atoms with Crippen LogP contribution in [-0.2, 0) is 4.74 Å². The molecule has 0 aromatic carbocycles. The minimum Gasteiger partial charge on any atom is -0.395 e. The SMILES string of the molecule is CCOC1CC(NC(CO)CC(C)C)C12CCCCC2. The lowest BCUT2D eigenvalue weighted by Gasteiger charge is -2.58. The number of ether oxygens (including phenoxy) is 1. The summed E-state index contributed by atoms with van der Waals surface area (Å²) in [5, 5.41) is 13.4. The minimum absolute atomic E-state index is 0.251. The standard InChI is InChI=1S/C17H33NO2/c1-4-20-16-11-15(17(16)8-6-5-7-9-17)18-14(12-19)10-13(2)3/h13-16,18-19H,4-12H2,1-3H3. The van der Waals surface area contributed by atoms with Gasteiger partial charge in [-0.3, -0.25) is 0 Å². The largest absolute Gasteiger partial charge is 0.395 e. The van der Waals surface area contributed by atoms with Gasteiger partial charge in [-0.2, -0.15) is 0 Å². The fraction of sp³-hybridized carbons (Fsp3) is 1.00. The van der Waals surface area contributed by atoms with Gasteiger partial charge < -0.3 is 15.2 Å². The van der Waals surface area contributed by atoms with E-state index in [-0.39, 0.29) is 12.6 Å². The van der Waals surface area contributed by atoms with Crippen LogP contribution in [0.1, 0.15) is 65.7 Å². The summed E-state index contributed by atoms with van der Waals surface area (Å²) in [4.78, 5) is 0. The van der Waals surface area contributed by atoms with Crippen LogP contribution in [0, 0.1) is 11.3 Å². The quantitative estimate of drug-likeness (QED) is 0.754. The van der Waals surface area contributed by atoms with Crippen LogP contribution in [0.15, 0.2) is 0 Å². The van der Waals surface area contributed by atoms with Crippen molar-refractivity contribution >= 4 is 0 Å². The van der Waals surface area contributed by atoms with E-state index in [2.05, 4.69) is 26.1 Å². The molecule has 1 spiro atoms. The molecule has 3 unspecified atom stereocenters. The molecular formula is C17H33NO2. The molecular weight excluding hydrogens is 250 g/mol. The summed E-state index contributed by atoms with van der Waals surface area (Å²) in [7, 11) is 0. The Hall–Kier alpha value is -0.120. The third-order valence-corrected chi connectivity index (χ3v) is 5.35. The molecule has 2 fully saturated rings. The molecule has 0 amide bonds. The van der Waals surface area contributed by atoms with Gasteiger partial charge in [0, 0.05) is 24.1 Å². The Morgan fingerprint density at radius 1 is 1.25 bits per heavy atom. The van der Waals surface area contributed by atoms with E-state index in [0.717, 1.165) is 19.4 Å². The molecule has 2 saturated carbocycles. The molecule has 2 aliphatic rings. The molecule has 3 nitrogen and oxygen atoms in total. The van der Waals surface area contributed by atoms with Crippen molar-refractivity contribution in [1.82, 2.24) is 5.32 Å². The molecule has 0 bridgehead atoms. The number of aliphatic hydroxyl groups excluding tert-OH is 1. The van der Waals surface area contributed by atoms with Gasteiger partial charge in [0.15, 0.2) is 0 Å². The highest BCUT2D eigenvalue weighted by Crippen LogP contribution is 2.53. The van der Waals surface area contributed by atoms with Gasteiger partial charge in [0.2, 0.25) is 0 Å². The molecule has 0 aromatic heterocycles. The van der Waals surface area contributed by atoms with Gasteiger partial charge in [0.25, 0.3) is 0 Å². The Morgan fingerprint density at radius 3 is 2.50 bits per heavy atom. The van der Waals surface area contributed by atoms with E-state index in [1.54, 1.807) is 0 Å². The number of aliphatic hydroxyl groups is 1. The third-order valence-electron chi connectivity index (χ3n) is 5.35. The van der Waals surface area contributed by atoms with E-state index >= 15 is 0 Å². The summed E-state index contributed by atoms with van der Waals surface area (Å²) in [5.41, 5.74) is 0.360. The molecule has 0 aliphatic heterocycles. The van der Waals surface area contributed by atoms with Crippen molar-refractivity contribution in [2.24, 2.45) is 11.3 Å². The Bertz CT molecular complexity index is 287. The molecule has 2 N–H and O–H groups in total. The van der Waals surface area contributed by atoms with Crippen molar-refractivity contribution < 1.29 is 9.84 Å². The number of hydrogen-bond donors (Lipinski definition) is 2. The predicted octanol–water partition coefficient (Wildman–Crippen LogP) is 3.11. The summed E-state index contributed by atoms with van der Waals surface area (Å²) in [6.07, 6.45) is 9.30. The second kappa shape index (κ2) is 7.24. The van der Waals surface area contributed by atoms with Crippen LogP contribution < -0.4 is 5.32 Å². The topological polar surface area (TPSA) is 41.5 Å². The van der Waals surface area contributed by atoms with Gasteiger partial charge in [-0.05, 0) is 38.5 Å². The van der Waals surface area contributed by atoms with E-state index < -0.39 is 0 Å². The predicted molar refractivity (Wildman–Crippen MR) is 82.8 cm³/mol. The smallest absolute Gasteiger partial charge is 0.0661 e. The van der Waals surface area contributed by atoms with Crippen molar-refractivity contribution in [2.75, 3.05) is 13.2 Å². The van der Waals surface area contributed by atoms with Gasteiger partial charge in [0.05, 0.1) is 12.7 Å². The highest BCUT2D eigenvalue weighted by atomic mass is 16.5. The normalized spacial score (nSPS) is 30.4. The van der Waals surface area contributed by atoms with Crippen LogP contribution in [0.3, 0.4) is 0 Å². The molecule has 3 atom stereocenters. The molecule has 118 valence electrons. The lowest BCUT2D eigenvalue weighted by molar-refractivity contribution is -0.153. The summed E-state index contributed by atoms with van der Waals surface area (Å²) in [6.45, 7) is 7.64. The maximum atomic E-state index is 9.61. The second-order valence-electron chi connectivity index (χ2n) is 7.20. The lowest BCUT2D eigenvalue weighted by atomic mass is 9.55. The van der Waals surface area contributed by atoms with Gasteiger partial charge >= 0.3 is 0 Å². The van der Waals surface area contributed by atoms with Crippen LogP contribution in [0.4, 0.5) is 0 Å². The van der Waals surface area contributed by atoms with Crippen molar-refractivity contribution in [3.05, 3.63) is 0 Å². The average Bonchev–Trinajstić information content (AvgIpc) is 2.45. The third kappa shape index (κ3) is 3.37. The van der Waals surface area contributed by atoms with Gasteiger partial charge in [0.1, 0.15) is 0 Å². The maximum Gasteiger partial charge on any atom is 0.0661 e. The van der Waals surface area contributed by atoms with Gasteiger partial charge in [-0.1, -0.05) is 33.1 Å². The Balaban J connectivity index is 1.96. The maximum absolute atomic E-state index is 9.61. The summed E-state index contributed by atoms with van der Waals surface area (Å²) in [5.74, 6) is 0.629. The summed E-state index contributed by atoms with van der Waals surface area (Å²) in [6, 6.07) is 0.802. The second-order valence-corrected chi connectivity index (χ2v) is 7.20. The Labute approximate surface area is 124 Å². The molecule has 2 rings (SSSR count). The van der Waals surface area contributed by atoms with Crippen molar-refractivity contribution in [3.8, 4) is 0 Å². The summed E-state index contributed by atoms with van der Waals surface area (Å²) >= 11 is 0. The zero-order valence-electron chi connectivity index (χ0n) is 13.5. The minimum atomic E-state index is 0.251. The van der Waals surface area contributed by atoms with E-state index in [4.69, 9.17) is 4.74 Å². The fourth-order valence-electron chi connectivity index (χ4n) is 4.35. The van der Waals surface area contributed by atoms with Crippen molar-refractivity contribution in [1.29, 1.82) is 0 Å². The molecule has 0 aromatic rings. The lowest BCUT2D eigenvalue weighted by Crippen LogP contribution is -2.66. The van der Waals surface area contributed by atoms with Gasteiger partial charge in [-0.15, -0.1) is 0 Å². The van der Waals surface area contributed by atoms with E-state index in [1.807, 2.05) is 0 Å². The molecule has 0 heterocycles. The fourth-order valence-corrected chi connectivity index (χ4v) is 4.35. The van der Waals surface area contributed by atoms with E-state index in [1.165, 1.54) is 32.1 Å². The van der Waals surface area contributed by atoms with E-state index in [0.29, 0.717) is 23.5 Å². The first-order chi connectivity index (χ1) is 9.62. The molecule has 2 aliphatic carbocycles. The molecule has 20 heavy (non-hydrogen) atoms. The van der Waals surface area contributed by atoms with Crippen LogP contribution in [0.2, 0.25) is 0 Å². The zero-order valence-corrected chi connectivity index (χ0v) is 13.5. The Kier molecular flexibility index (Phi) is 5.88. The molecule has 0 radical (unpaired) electrons. The van der Waals surface area contributed by atoms with Crippen molar-refractivity contribution in [3.63, 3.8) is 0 Å². The number of rotatable bonds is 7. The number of nitrogens with one attached hydrogen (secondary N) is 1. The first-order valence-electron chi connectivity index (χ1n) is 8.61. The van der Waals surface area contributed by atoms with Crippen LogP contribution in [0.5, 0.6) is 0 Å². The molecule has 0 saturated heterocycles. The highest BCUT2D eigenvalue weighted by molar-refractivity contribution is 5.09. The van der Waals surface area contributed by atoms with Crippen LogP contribution >= 0.6 is 0 Å². The van der Waals surface area contributed by atoms with E-state index in [9.17, 15) is 5.11 Å². The monoisotopic (exact) mass is 283 g/mol. The van der Waals surface area contributed by atoms with Crippen LogP contribution in [-0.4, -0.2) is 36.5 Å². The molecule has 3 heteroatoms. The van der Waals surface area contributed by atoms with Crippen LogP contribution in [0.25, 0.3) is 0 Å². The first-order valence-corrected chi connectivity index (χ1v) is 8.61.